The van der Waals surface area contributed by atoms with Crippen molar-refractivity contribution in [3.05, 3.63) is 175 Å². The molecule has 0 bridgehead atoms. The first kappa shape index (κ1) is 44.8. The second kappa shape index (κ2) is 18.6. The topological polar surface area (TPSA) is 15.9 Å². The lowest BCUT2D eigenvalue weighted by Gasteiger charge is -2.39. The summed E-state index contributed by atoms with van der Waals surface area (Å²) in [6.07, 6.45) is 10.7. The summed E-state index contributed by atoms with van der Waals surface area (Å²) in [4.78, 5) is 0. The maximum atomic E-state index is 5.12. The van der Waals surface area contributed by atoms with Gasteiger partial charge in [0.25, 0.3) is 0 Å². The minimum atomic E-state index is -1.62. The van der Waals surface area contributed by atoms with Gasteiger partial charge in [-0.15, -0.1) is 0 Å². The van der Waals surface area contributed by atoms with Crippen LogP contribution in [0.2, 0.25) is 19.6 Å². The molecule has 1 N–H and O–H groups in total. The molecule has 2 heterocycles. The lowest BCUT2D eigenvalue weighted by molar-refractivity contribution is -0.717. The highest BCUT2D eigenvalue weighted by molar-refractivity contribution is 6.88. The average Bonchev–Trinajstić information content (AvgIpc) is 3.27. The number of pyridine rings is 1. The fourth-order valence-electron chi connectivity index (χ4n) is 9.87. The van der Waals surface area contributed by atoms with Crippen molar-refractivity contribution in [1.82, 2.24) is 4.48 Å². The minimum Gasteiger partial charge on any atom is -0.350 e. The Morgan fingerprint density at radius 3 is 2.10 bits per heavy atom. The fraction of sp³-hybridized carbons (Fsp3) is 0.328. The van der Waals surface area contributed by atoms with Crippen LogP contribution < -0.4 is 19.6 Å². The summed E-state index contributed by atoms with van der Waals surface area (Å²) in [6, 6.07) is 43.5. The Labute approximate surface area is 375 Å². The molecule has 1 aromatic heterocycles. The van der Waals surface area contributed by atoms with Gasteiger partial charge in [-0.05, 0) is 102 Å². The van der Waals surface area contributed by atoms with Crippen LogP contribution >= 0.6 is 0 Å². The summed E-state index contributed by atoms with van der Waals surface area (Å²) in [6.45, 7) is 31.4. The van der Waals surface area contributed by atoms with Crippen LogP contribution in [0.5, 0.6) is 0 Å². The number of benzene rings is 5. The molecular formula is C58H71N3Si+2. The van der Waals surface area contributed by atoms with E-state index in [0.29, 0.717) is 22.2 Å². The van der Waals surface area contributed by atoms with Crippen LogP contribution in [0.15, 0.2) is 158 Å². The van der Waals surface area contributed by atoms with E-state index in [4.69, 9.17) is 6.58 Å². The molecule has 3 nitrogen and oxygen atoms in total. The average molecular weight is 838 g/mol. The molecule has 1 aliphatic heterocycles. The van der Waals surface area contributed by atoms with Crippen LogP contribution in [0.25, 0.3) is 33.2 Å². The van der Waals surface area contributed by atoms with Crippen molar-refractivity contribution in [2.45, 2.75) is 111 Å². The first-order valence-corrected chi connectivity index (χ1v) is 26.7. The third-order valence-electron chi connectivity index (χ3n) is 13.9. The standard InChI is InChI=1S/C58H71N3Si/c1-13-23-43(14-2)30-33-51-49-28-21-22-29-50(49)54-34-32-47(62(10,11)12)39-60(54)55(51)36-42(8)61(9,15-3)56-35-31-45-26-19-20-27-48(45)58(56)59-57-52(40(4)5)37-46(38-53(57)41(6)7)44-24-17-16-18-25-44/h13,16-29,31-32,34-35,37-41,51,55,59H,1,8,14-15,30,33,36H2,2-7,9-12H3/q+2/b43-23+. The monoisotopic (exact) mass is 838 g/mol. The Balaban J connectivity index is 1.38. The lowest BCUT2D eigenvalue weighted by Crippen LogP contribution is -2.54. The van der Waals surface area contributed by atoms with Gasteiger partial charge in [-0.2, -0.15) is 4.57 Å². The molecule has 0 aliphatic carbocycles. The van der Waals surface area contributed by atoms with Crippen LogP contribution in [-0.4, -0.2) is 21.7 Å². The number of quaternary nitrogens is 1. The van der Waals surface area contributed by atoms with Gasteiger partial charge in [0, 0.05) is 39.9 Å². The Kier molecular flexibility index (Phi) is 13.4. The molecule has 4 heteroatoms. The van der Waals surface area contributed by atoms with E-state index >= 15 is 0 Å². The SMILES string of the molecule is C=C/C=C(\CC)CCC1c2ccccc2-c2ccc([Si](C)(C)C)c[n+]2C1CC(=C)[N+](C)(CC)c1ccc2ccccc2c1Nc1c(C(C)C)cc(-c2ccccc2)cc1C(C)C. The summed E-state index contributed by atoms with van der Waals surface area (Å²) in [5.41, 5.74) is 15.7. The van der Waals surface area contributed by atoms with Gasteiger partial charge in [-0.1, -0.05) is 157 Å². The van der Waals surface area contributed by atoms with E-state index in [1.165, 1.54) is 83.4 Å². The summed E-state index contributed by atoms with van der Waals surface area (Å²) in [7, 11) is 0.783. The van der Waals surface area contributed by atoms with Crippen LogP contribution in [0, 0.1) is 0 Å². The quantitative estimate of drug-likeness (QED) is 0.0444. The van der Waals surface area contributed by atoms with Crippen LogP contribution in [-0.2, 0) is 0 Å². The minimum absolute atomic E-state index is 0.206. The Hall–Kier alpha value is -5.29. The van der Waals surface area contributed by atoms with E-state index in [2.05, 4.69) is 212 Å². The zero-order valence-corrected chi connectivity index (χ0v) is 40.4. The second-order valence-corrected chi connectivity index (χ2v) is 24.5. The van der Waals surface area contributed by atoms with Crippen LogP contribution in [0.4, 0.5) is 17.1 Å². The van der Waals surface area contributed by atoms with Crippen molar-refractivity contribution in [2.75, 3.05) is 18.9 Å². The number of anilines is 2. The summed E-state index contributed by atoms with van der Waals surface area (Å²) < 4.78 is 3.29. The molecule has 0 saturated carbocycles. The zero-order chi connectivity index (χ0) is 44.3. The predicted octanol–water partition coefficient (Wildman–Crippen LogP) is 15.5. The molecule has 0 fully saturated rings. The van der Waals surface area contributed by atoms with Gasteiger partial charge in [0.1, 0.15) is 11.4 Å². The van der Waals surface area contributed by atoms with Gasteiger partial charge in [-0.25, -0.2) is 0 Å². The maximum Gasteiger partial charge on any atom is 0.213 e. The largest absolute Gasteiger partial charge is 0.350 e. The third kappa shape index (κ3) is 8.83. The lowest BCUT2D eigenvalue weighted by atomic mass is 9.78. The molecule has 62 heavy (non-hydrogen) atoms. The van der Waals surface area contributed by atoms with Gasteiger partial charge >= 0.3 is 0 Å². The Morgan fingerprint density at radius 2 is 1.45 bits per heavy atom. The number of rotatable bonds is 16. The first-order chi connectivity index (χ1) is 29.7. The number of hydrogen-bond donors (Lipinski definition) is 1. The molecule has 7 rings (SSSR count). The molecular weight excluding hydrogens is 767 g/mol. The number of aromatic nitrogens is 1. The molecule has 0 spiro atoms. The number of hydrogen-bond acceptors (Lipinski definition) is 1. The molecule has 5 aromatic carbocycles. The Morgan fingerprint density at radius 1 is 0.790 bits per heavy atom. The molecule has 1 aliphatic rings. The van der Waals surface area contributed by atoms with Crippen molar-refractivity contribution in [2.24, 2.45) is 0 Å². The molecule has 3 unspecified atom stereocenters. The van der Waals surface area contributed by atoms with E-state index in [1.807, 2.05) is 6.08 Å². The Bertz CT molecular complexity index is 2580. The normalized spacial score (nSPS) is 16.2. The molecule has 320 valence electrons. The maximum absolute atomic E-state index is 5.12. The smallest absolute Gasteiger partial charge is 0.213 e. The summed E-state index contributed by atoms with van der Waals surface area (Å²) >= 11 is 0. The number of fused-ring (bicyclic) bond motifs is 4. The highest BCUT2D eigenvalue weighted by Gasteiger charge is 2.44. The molecule has 0 amide bonds. The number of nitrogens with one attached hydrogen (secondary N) is 1. The van der Waals surface area contributed by atoms with Gasteiger partial charge in [0.2, 0.25) is 5.69 Å². The predicted molar refractivity (Wildman–Crippen MR) is 274 cm³/mol. The first-order valence-electron chi connectivity index (χ1n) is 23.2. The van der Waals surface area contributed by atoms with Crippen molar-refractivity contribution < 1.29 is 4.57 Å². The van der Waals surface area contributed by atoms with Gasteiger partial charge in [0.05, 0.1) is 28.1 Å². The van der Waals surface area contributed by atoms with Crippen molar-refractivity contribution in [3.8, 4) is 22.4 Å². The van der Waals surface area contributed by atoms with Crippen molar-refractivity contribution >= 4 is 41.1 Å². The third-order valence-corrected chi connectivity index (χ3v) is 15.9. The molecule has 3 atom stereocenters. The highest BCUT2D eigenvalue weighted by atomic mass is 28.3. The van der Waals surface area contributed by atoms with E-state index in [-0.39, 0.29) is 6.04 Å². The summed E-state index contributed by atoms with van der Waals surface area (Å²) in [5, 5.41) is 8.19. The zero-order valence-electron chi connectivity index (χ0n) is 39.4. The van der Waals surface area contributed by atoms with Crippen molar-refractivity contribution in [3.63, 3.8) is 0 Å². The fourth-order valence-corrected chi connectivity index (χ4v) is 11.0. The van der Waals surface area contributed by atoms with E-state index in [1.54, 1.807) is 0 Å². The van der Waals surface area contributed by atoms with Crippen LogP contribution in [0.1, 0.15) is 108 Å². The van der Waals surface area contributed by atoms with Gasteiger partial charge in [-0.3, -0.25) is 4.48 Å². The number of allylic oxidation sites excluding steroid dienone is 4. The van der Waals surface area contributed by atoms with E-state index in [9.17, 15) is 0 Å². The second-order valence-electron chi connectivity index (χ2n) is 19.5. The van der Waals surface area contributed by atoms with Gasteiger partial charge in [0.15, 0.2) is 17.9 Å². The molecule has 0 saturated heterocycles. The number of nitrogens with zero attached hydrogens (tertiary/aromatic N) is 2. The molecule has 0 radical (unpaired) electrons. The summed E-state index contributed by atoms with van der Waals surface area (Å²) in [5.74, 6) is 0.956. The highest BCUT2D eigenvalue weighted by Crippen LogP contribution is 2.48. The van der Waals surface area contributed by atoms with E-state index < -0.39 is 8.07 Å². The van der Waals surface area contributed by atoms with E-state index in [0.717, 1.165) is 32.2 Å². The molecule has 6 aromatic rings. The van der Waals surface area contributed by atoms with Crippen LogP contribution in [0.3, 0.4) is 0 Å². The van der Waals surface area contributed by atoms with Gasteiger partial charge < -0.3 is 5.32 Å². The van der Waals surface area contributed by atoms with Crippen molar-refractivity contribution in [1.29, 1.82) is 0 Å².